The first-order valence-electron chi connectivity index (χ1n) is 6.43. The second-order valence-electron chi connectivity index (χ2n) is 4.86. The van der Waals surface area contributed by atoms with Crippen molar-refractivity contribution >= 4 is 22.5 Å². The van der Waals surface area contributed by atoms with Gasteiger partial charge in [0.15, 0.2) is 0 Å². The molecule has 20 heavy (non-hydrogen) atoms. The molecule has 3 rings (SSSR count). The van der Waals surface area contributed by atoms with E-state index < -0.39 is 0 Å². The van der Waals surface area contributed by atoms with E-state index in [9.17, 15) is 0 Å². The van der Waals surface area contributed by atoms with E-state index in [0.29, 0.717) is 16.5 Å². The van der Waals surface area contributed by atoms with Gasteiger partial charge in [-0.3, -0.25) is 4.98 Å². The molecule has 0 aliphatic heterocycles. The Balaban J connectivity index is 2.01. The molecule has 0 unspecified atom stereocenters. The third kappa shape index (κ3) is 2.47. The third-order valence-corrected chi connectivity index (χ3v) is 3.44. The van der Waals surface area contributed by atoms with Crippen molar-refractivity contribution in [3.63, 3.8) is 0 Å². The molecule has 3 heteroatoms. The predicted molar refractivity (Wildman–Crippen MR) is 82.7 cm³/mol. The third-order valence-electron chi connectivity index (χ3n) is 3.16. The number of benzene rings is 2. The molecule has 0 radical (unpaired) electrons. The lowest BCUT2D eigenvalue weighted by Gasteiger charge is -2.11. The monoisotopic (exact) mass is 283 g/mol. The zero-order valence-corrected chi connectivity index (χ0v) is 12.1. The number of ether oxygens (including phenoxy) is 1. The van der Waals surface area contributed by atoms with Crippen LogP contribution in [0.3, 0.4) is 0 Å². The van der Waals surface area contributed by atoms with E-state index >= 15 is 0 Å². The van der Waals surface area contributed by atoms with Crippen LogP contribution in [0.25, 0.3) is 10.9 Å². The fraction of sp³-hybridized carbons (Fsp3) is 0.118. The van der Waals surface area contributed by atoms with Gasteiger partial charge in [0.25, 0.3) is 0 Å². The number of hydrogen-bond donors (Lipinski definition) is 0. The van der Waals surface area contributed by atoms with Gasteiger partial charge in [0.1, 0.15) is 11.5 Å². The van der Waals surface area contributed by atoms with E-state index in [1.165, 1.54) is 0 Å². The van der Waals surface area contributed by atoms with Crippen molar-refractivity contribution in [1.29, 1.82) is 0 Å². The number of para-hydroxylation sites is 1. The van der Waals surface area contributed by atoms with Crippen molar-refractivity contribution in [3.8, 4) is 11.5 Å². The van der Waals surface area contributed by atoms with Crippen molar-refractivity contribution < 1.29 is 4.74 Å². The Hall–Kier alpha value is -2.06. The molecule has 0 aliphatic carbocycles. The molecule has 0 saturated carbocycles. The van der Waals surface area contributed by atoms with E-state index in [1.54, 1.807) is 6.20 Å². The van der Waals surface area contributed by atoms with Crippen LogP contribution in [0, 0.1) is 13.8 Å². The van der Waals surface area contributed by atoms with Crippen LogP contribution < -0.4 is 4.74 Å². The van der Waals surface area contributed by atoms with Crippen LogP contribution in [0.1, 0.15) is 11.1 Å². The average Bonchev–Trinajstić information content (AvgIpc) is 2.42. The van der Waals surface area contributed by atoms with Gasteiger partial charge in [0.05, 0.1) is 16.7 Å². The molecule has 0 aliphatic rings. The van der Waals surface area contributed by atoms with Crippen LogP contribution in [-0.4, -0.2) is 4.98 Å². The summed E-state index contributed by atoms with van der Waals surface area (Å²) in [5.74, 6) is 1.38. The Bertz CT molecular complexity index is 760. The Morgan fingerprint density at radius 2 is 1.85 bits per heavy atom. The smallest absolute Gasteiger partial charge is 0.149 e. The minimum atomic E-state index is 0.621. The largest absolute Gasteiger partial charge is 0.454 e. The lowest BCUT2D eigenvalue weighted by atomic mass is 10.1. The van der Waals surface area contributed by atoms with Gasteiger partial charge in [0, 0.05) is 5.39 Å². The van der Waals surface area contributed by atoms with Gasteiger partial charge < -0.3 is 4.74 Å². The van der Waals surface area contributed by atoms with Gasteiger partial charge in [-0.2, -0.15) is 0 Å². The van der Waals surface area contributed by atoms with Crippen molar-refractivity contribution in [2.24, 2.45) is 0 Å². The number of aromatic nitrogens is 1. The number of pyridine rings is 1. The normalized spacial score (nSPS) is 10.8. The molecule has 1 heterocycles. The zero-order valence-electron chi connectivity index (χ0n) is 11.4. The van der Waals surface area contributed by atoms with E-state index in [4.69, 9.17) is 16.3 Å². The van der Waals surface area contributed by atoms with Gasteiger partial charge in [-0.1, -0.05) is 35.9 Å². The predicted octanol–water partition coefficient (Wildman–Crippen LogP) is 5.30. The molecule has 1 aromatic heterocycles. The Morgan fingerprint density at radius 3 is 2.65 bits per heavy atom. The van der Waals surface area contributed by atoms with Gasteiger partial charge in [0.2, 0.25) is 0 Å². The maximum atomic E-state index is 6.26. The molecule has 100 valence electrons. The second-order valence-corrected chi connectivity index (χ2v) is 5.27. The van der Waals surface area contributed by atoms with Crippen LogP contribution in [0.5, 0.6) is 11.5 Å². The van der Waals surface area contributed by atoms with Crippen LogP contribution in [0.15, 0.2) is 48.7 Å². The van der Waals surface area contributed by atoms with Crippen LogP contribution in [0.2, 0.25) is 5.02 Å². The number of fused-ring (bicyclic) bond motifs is 1. The van der Waals surface area contributed by atoms with Crippen LogP contribution in [-0.2, 0) is 0 Å². The van der Waals surface area contributed by atoms with E-state index in [1.807, 2.05) is 50.2 Å². The molecule has 3 aromatic rings. The lowest BCUT2D eigenvalue weighted by Crippen LogP contribution is -1.91. The highest BCUT2D eigenvalue weighted by atomic mass is 35.5. The highest BCUT2D eigenvalue weighted by Crippen LogP contribution is 2.34. The van der Waals surface area contributed by atoms with Crippen molar-refractivity contribution in [2.45, 2.75) is 13.8 Å². The van der Waals surface area contributed by atoms with Gasteiger partial charge in [-0.05, 0) is 43.2 Å². The summed E-state index contributed by atoms with van der Waals surface area (Å²) in [6.07, 6.45) is 1.72. The van der Waals surface area contributed by atoms with Gasteiger partial charge in [-0.25, -0.2) is 0 Å². The summed E-state index contributed by atoms with van der Waals surface area (Å²) < 4.78 is 5.91. The van der Waals surface area contributed by atoms with E-state index in [0.717, 1.165) is 22.0 Å². The summed E-state index contributed by atoms with van der Waals surface area (Å²) in [5, 5.41) is 1.67. The standard InChI is InChI=1S/C17H14ClNO/c1-11-7-12(2)17(15(18)8-11)20-14-9-13-5-3-4-6-16(13)19-10-14/h3-10H,1-2H3. The maximum Gasteiger partial charge on any atom is 0.149 e. The van der Waals surface area contributed by atoms with Crippen molar-refractivity contribution in [2.75, 3.05) is 0 Å². The Kier molecular flexibility index (Phi) is 3.33. The summed E-state index contributed by atoms with van der Waals surface area (Å²) in [7, 11) is 0. The molecular formula is C17H14ClNO. The summed E-state index contributed by atoms with van der Waals surface area (Å²) >= 11 is 6.26. The number of aryl methyl sites for hydroxylation is 2. The molecule has 0 amide bonds. The molecule has 2 nitrogen and oxygen atoms in total. The molecule has 0 N–H and O–H groups in total. The summed E-state index contributed by atoms with van der Waals surface area (Å²) in [5.41, 5.74) is 3.09. The van der Waals surface area contributed by atoms with Gasteiger partial charge in [-0.15, -0.1) is 0 Å². The lowest BCUT2D eigenvalue weighted by molar-refractivity contribution is 0.477. The molecule has 0 atom stereocenters. The number of halogens is 1. The zero-order chi connectivity index (χ0) is 14.1. The average molecular weight is 284 g/mol. The number of nitrogens with zero attached hydrogens (tertiary/aromatic N) is 1. The minimum Gasteiger partial charge on any atom is -0.454 e. The Morgan fingerprint density at radius 1 is 1.05 bits per heavy atom. The number of rotatable bonds is 2. The quantitative estimate of drug-likeness (QED) is 0.637. The fourth-order valence-corrected chi connectivity index (χ4v) is 2.62. The first-order valence-corrected chi connectivity index (χ1v) is 6.81. The fourth-order valence-electron chi connectivity index (χ4n) is 2.26. The molecule has 0 fully saturated rings. The molecule has 0 bridgehead atoms. The first-order chi connectivity index (χ1) is 9.63. The van der Waals surface area contributed by atoms with E-state index in [2.05, 4.69) is 11.1 Å². The topological polar surface area (TPSA) is 22.1 Å². The van der Waals surface area contributed by atoms with Crippen LogP contribution >= 0.6 is 11.6 Å². The van der Waals surface area contributed by atoms with E-state index in [-0.39, 0.29) is 0 Å². The maximum absolute atomic E-state index is 6.26. The van der Waals surface area contributed by atoms with Gasteiger partial charge >= 0.3 is 0 Å². The first kappa shape index (κ1) is 12.9. The van der Waals surface area contributed by atoms with Crippen molar-refractivity contribution in [3.05, 3.63) is 64.8 Å². The summed E-state index contributed by atoms with van der Waals surface area (Å²) in [6, 6.07) is 13.9. The van der Waals surface area contributed by atoms with Crippen LogP contribution in [0.4, 0.5) is 0 Å². The molecule has 0 saturated heterocycles. The summed E-state index contributed by atoms with van der Waals surface area (Å²) in [6.45, 7) is 4.00. The Labute approximate surface area is 123 Å². The van der Waals surface area contributed by atoms with Crippen molar-refractivity contribution in [1.82, 2.24) is 4.98 Å². The SMILES string of the molecule is Cc1cc(C)c(Oc2cnc3ccccc3c2)c(Cl)c1. The molecular weight excluding hydrogens is 270 g/mol. The second kappa shape index (κ2) is 5.14. The molecule has 0 spiro atoms. The highest BCUT2D eigenvalue weighted by molar-refractivity contribution is 6.32. The number of hydrogen-bond acceptors (Lipinski definition) is 2. The molecule has 2 aromatic carbocycles. The highest BCUT2D eigenvalue weighted by Gasteiger charge is 2.08. The minimum absolute atomic E-state index is 0.621. The summed E-state index contributed by atoms with van der Waals surface area (Å²) in [4.78, 5) is 4.39.